The number of aryl methyl sites for hydroxylation is 1. The molecule has 0 aliphatic rings. The second-order valence-electron chi connectivity index (χ2n) is 5.50. The maximum atomic E-state index is 13.0. The van der Waals surface area contributed by atoms with Crippen LogP contribution in [0.3, 0.4) is 0 Å². The van der Waals surface area contributed by atoms with Gasteiger partial charge < -0.3 is 4.74 Å². The summed E-state index contributed by atoms with van der Waals surface area (Å²) in [6.45, 7) is 0.195. The molecule has 142 valence electrons. The number of ether oxygens (including phenoxy) is 1. The van der Waals surface area contributed by atoms with Gasteiger partial charge in [0.15, 0.2) is 5.49 Å². The van der Waals surface area contributed by atoms with Gasteiger partial charge in [-0.25, -0.2) is 0 Å². The van der Waals surface area contributed by atoms with Crippen LogP contribution in [-0.4, -0.2) is 28.9 Å². The second-order valence-corrected chi connectivity index (χ2v) is 5.50. The average molecular weight is 378 g/mol. The molecule has 0 aliphatic heterocycles. The molecule has 0 saturated carbocycles. The summed E-state index contributed by atoms with van der Waals surface area (Å²) in [6, 6.07) is 7.96. The van der Waals surface area contributed by atoms with Gasteiger partial charge in [-0.05, 0) is 17.7 Å². The maximum Gasteiger partial charge on any atom is 0.416 e. The van der Waals surface area contributed by atoms with Crippen LogP contribution >= 0.6 is 0 Å². The quantitative estimate of drug-likeness (QED) is 0.456. The molecule has 9 heteroatoms. The van der Waals surface area contributed by atoms with Crippen molar-refractivity contribution < 1.29 is 22.7 Å². The van der Waals surface area contributed by atoms with Gasteiger partial charge in [-0.15, -0.1) is 0 Å². The summed E-state index contributed by atoms with van der Waals surface area (Å²) >= 11 is 0. The number of alkyl halides is 3. The van der Waals surface area contributed by atoms with E-state index in [0.29, 0.717) is 0 Å². The van der Waals surface area contributed by atoms with Gasteiger partial charge in [0.05, 0.1) is 43.5 Å². The van der Waals surface area contributed by atoms with E-state index in [9.17, 15) is 18.0 Å². The largest absolute Gasteiger partial charge is 0.504 e. The van der Waals surface area contributed by atoms with Crippen molar-refractivity contribution >= 4 is 11.5 Å². The van der Waals surface area contributed by atoms with Crippen LogP contribution < -0.4 is 5.49 Å². The van der Waals surface area contributed by atoms with Crippen LogP contribution in [0.1, 0.15) is 22.3 Å². The zero-order chi connectivity index (χ0) is 20.0. The maximum absolute atomic E-state index is 13.0. The topological polar surface area (TPSA) is 72.3 Å². The third kappa shape index (κ3) is 4.67. The number of benzene rings is 1. The van der Waals surface area contributed by atoms with Crippen molar-refractivity contribution in [3.63, 3.8) is 0 Å². The molecule has 0 aliphatic carbocycles. The average Bonchev–Trinajstić information content (AvgIpc) is 2.99. The smallest absolute Gasteiger partial charge is 0.416 e. The molecule has 1 aromatic heterocycles. The first-order chi connectivity index (χ1) is 12.8. The Morgan fingerprint density at radius 1 is 1.37 bits per heavy atom. The van der Waals surface area contributed by atoms with E-state index in [0.717, 1.165) is 18.4 Å². The van der Waals surface area contributed by atoms with Crippen molar-refractivity contribution in [3.8, 4) is 6.07 Å². The number of hydrogen-bond acceptors (Lipinski definition) is 4. The fourth-order valence-electron chi connectivity index (χ4n) is 2.40. The highest BCUT2D eigenvalue weighted by Crippen LogP contribution is 2.31. The lowest BCUT2D eigenvalue weighted by atomic mass is 10.0. The highest BCUT2D eigenvalue weighted by Gasteiger charge is 2.31. The minimum absolute atomic E-state index is 0.0628. The van der Waals surface area contributed by atoms with Gasteiger partial charge in [0.2, 0.25) is 0 Å². The van der Waals surface area contributed by atoms with E-state index >= 15 is 0 Å². The molecular formula is C18H17F3N4O2. The molecule has 0 atom stereocenters. The van der Waals surface area contributed by atoms with E-state index < -0.39 is 17.6 Å². The van der Waals surface area contributed by atoms with Crippen LogP contribution in [0.4, 0.5) is 13.2 Å². The third-order valence-corrected chi connectivity index (χ3v) is 3.63. The lowest BCUT2D eigenvalue weighted by Gasteiger charge is -2.13. The van der Waals surface area contributed by atoms with Crippen LogP contribution in [0.25, 0.3) is 5.57 Å². The van der Waals surface area contributed by atoms with Crippen molar-refractivity contribution in [2.75, 3.05) is 13.7 Å². The number of methoxy groups -OCH3 is 1. The van der Waals surface area contributed by atoms with Crippen LogP contribution in [0, 0.1) is 11.3 Å². The predicted molar refractivity (Wildman–Crippen MR) is 91.1 cm³/mol. The Bertz CT molecular complexity index is 962. The number of nitrogens with zero attached hydrogens (tertiary/aromatic N) is 4. The van der Waals surface area contributed by atoms with Crippen LogP contribution in [0.5, 0.6) is 0 Å². The van der Waals surface area contributed by atoms with E-state index in [1.165, 1.54) is 28.6 Å². The molecular weight excluding hydrogens is 361 g/mol. The summed E-state index contributed by atoms with van der Waals surface area (Å²) in [7, 11) is 2.90. The fraction of sp³-hybridized carbons (Fsp3) is 0.278. The summed E-state index contributed by atoms with van der Waals surface area (Å²) in [5, 5.41) is 8.62. The molecule has 1 aromatic carbocycles. The molecule has 6 nitrogen and oxygen atoms in total. The summed E-state index contributed by atoms with van der Waals surface area (Å²) in [4.78, 5) is 17.2. The van der Waals surface area contributed by atoms with Crippen LogP contribution in [0.2, 0.25) is 0 Å². The molecule has 1 heterocycles. The van der Waals surface area contributed by atoms with Crippen LogP contribution in [0.15, 0.2) is 47.8 Å². The zero-order valence-electron chi connectivity index (χ0n) is 14.7. The normalized spacial score (nSPS) is 12.7. The van der Waals surface area contributed by atoms with Gasteiger partial charge in [0.1, 0.15) is 0 Å². The fourth-order valence-corrected chi connectivity index (χ4v) is 2.40. The third-order valence-electron chi connectivity index (χ3n) is 3.63. The minimum atomic E-state index is -4.53. The first kappa shape index (κ1) is 20.0. The van der Waals surface area contributed by atoms with Crippen molar-refractivity contribution in [3.05, 3.63) is 59.4 Å². The monoisotopic (exact) mass is 378 g/mol. The number of carbonyl (C=O) groups excluding carboxylic acids is 1. The molecule has 2 aromatic rings. The Morgan fingerprint density at radius 2 is 2.11 bits per heavy atom. The highest BCUT2D eigenvalue weighted by atomic mass is 19.4. The molecule has 0 bridgehead atoms. The summed E-state index contributed by atoms with van der Waals surface area (Å²) in [6.07, 6.45) is -1.68. The van der Waals surface area contributed by atoms with Crippen molar-refractivity contribution in [2.45, 2.75) is 12.6 Å². The Balaban J connectivity index is 2.53. The first-order valence-corrected chi connectivity index (χ1v) is 7.87. The molecule has 0 unspecified atom stereocenters. The molecule has 0 spiro atoms. The highest BCUT2D eigenvalue weighted by molar-refractivity contribution is 6.20. The van der Waals surface area contributed by atoms with Gasteiger partial charge in [-0.3, -0.25) is 14.5 Å². The minimum Gasteiger partial charge on any atom is -0.504 e. The molecule has 0 N–H and O–H groups in total. The van der Waals surface area contributed by atoms with Crippen molar-refractivity contribution in [1.82, 2.24) is 9.36 Å². The molecule has 27 heavy (non-hydrogen) atoms. The summed E-state index contributed by atoms with van der Waals surface area (Å²) in [5.74, 6) is -0.612. The Kier molecular flexibility index (Phi) is 6.23. The van der Waals surface area contributed by atoms with E-state index in [4.69, 9.17) is 10.00 Å². The van der Waals surface area contributed by atoms with Gasteiger partial charge >= 0.3 is 6.18 Å². The zero-order valence-corrected chi connectivity index (χ0v) is 14.7. The van der Waals surface area contributed by atoms with Crippen molar-refractivity contribution in [1.29, 1.82) is 5.26 Å². The SMILES string of the molecule is CO/C=C(/C(=O)n1/c(=N/CCC#N)ccn1C)c1cccc(C(F)(F)F)c1. The standard InChI is InChI=1S/C18H17F3N4O2/c1-24-10-7-16(23-9-4-8-22)25(24)17(26)15(12-27-2)13-5-3-6-14(11-13)18(19,20)21/h3,5-7,10-12H,4,9H2,1-2H3/b15-12+,23-16+. The lowest BCUT2D eigenvalue weighted by Crippen LogP contribution is -2.30. The molecule has 0 saturated heterocycles. The number of rotatable bonds is 5. The van der Waals surface area contributed by atoms with E-state index in [1.54, 1.807) is 19.3 Å². The van der Waals surface area contributed by atoms with E-state index in [1.807, 2.05) is 6.07 Å². The molecule has 0 radical (unpaired) electrons. The molecule has 2 rings (SSSR count). The van der Waals surface area contributed by atoms with Gasteiger partial charge in [0.25, 0.3) is 5.91 Å². The second kappa shape index (κ2) is 8.40. The van der Waals surface area contributed by atoms with Gasteiger partial charge in [-0.1, -0.05) is 12.1 Å². The summed E-state index contributed by atoms with van der Waals surface area (Å²) in [5.41, 5.74) is -0.585. The number of nitriles is 1. The Labute approximate surface area is 153 Å². The summed E-state index contributed by atoms with van der Waals surface area (Å²) < 4.78 is 46.6. The van der Waals surface area contributed by atoms with Crippen molar-refractivity contribution in [2.24, 2.45) is 12.0 Å². The predicted octanol–water partition coefficient (Wildman–Crippen LogP) is 2.99. The molecule has 0 fully saturated rings. The van der Waals surface area contributed by atoms with E-state index in [-0.39, 0.29) is 29.6 Å². The first-order valence-electron chi connectivity index (χ1n) is 7.87. The Morgan fingerprint density at radius 3 is 2.74 bits per heavy atom. The van der Waals surface area contributed by atoms with Crippen LogP contribution in [-0.2, 0) is 18.0 Å². The number of allylic oxidation sites excluding steroid dienone is 1. The number of carbonyl (C=O) groups is 1. The van der Waals surface area contributed by atoms with Gasteiger partial charge in [0, 0.05) is 19.3 Å². The molecule has 0 amide bonds. The Hall–Kier alpha value is -3.28. The number of hydrogen-bond donors (Lipinski definition) is 0. The van der Waals surface area contributed by atoms with Gasteiger partial charge in [-0.2, -0.15) is 23.1 Å². The lowest BCUT2D eigenvalue weighted by molar-refractivity contribution is -0.137. The van der Waals surface area contributed by atoms with E-state index in [2.05, 4.69) is 4.99 Å². The number of aromatic nitrogens is 2. The number of halogens is 3.